The largest absolute Gasteiger partial charge is 0.268 e. The fraction of sp³-hybridized carbons (Fsp3) is 0.750. The lowest BCUT2D eigenvalue weighted by molar-refractivity contribution is 0.516. The van der Waals surface area contributed by atoms with Crippen LogP contribution in [0, 0.1) is 0 Å². The van der Waals surface area contributed by atoms with Crippen molar-refractivity contribution in [3.63, 3.8) is 0 Å². The lowest BCUT2D eigenvalue weighted by Crippen LogP contribution is -2.08. The highest BCUT2D eigenvalue weighted by Crippen LogP contribution is 2.35. The van der Waals surface area contributed by atoms with Crippen LogP contribution in [0.2, 0.25) is 0 Å². The molecule has 0 atom stereocenters. The van der Waals surface area contributed by atoms with E-state index < -0.39 is 0 Å². The minimum atomic E-state index is 0.726. The molecule has 3 heteroatoms. The predicted molar refractivity (Wildman–Crippen MR) is 66.0 cm³/mol. The first-order chi connectivity index (χ1) is 7.33. The van der Waals surface area contributed by atoms with E-state index in [4.69, 9.17) is 0 Å². The van der Waals surface area contributed by atoms with Crippen LogP contribution in [-0.4, -0.2) is 9.78 Å². The van der Waals surface area contributed by atoms with Gasteiger partial charge in [-0.3, -0.25) is 4.68 Å². The van der Waals surface area contributed by atoms with Crippen LogP contribution in [-0.2, 0) is 6.54 Å². The molecular formula is C12H19BrN2. The Labute approximate surface area is 100 Å². The van der Waals surface area contributed by atoms with E-state index in [0.717, 1.165) is 12.5 Å². The third-order valence-corrected chi connectivity index (χ3v) is 3.99. The molecule has 1 aromatic heterocycles. The molecule has 15 heavy (non-hydrogen) atoms. The maximum atomic E-state index is 4.41. The second-order valence-corrected chi connectivity index (χ2v) is 5.24. The number of aromatic nitrogens is 2. The van der Waals surface area contributed by atoms with Gasteiger partial charge in [-0.15, -0.1) is 0 Å². The van der Waals surface area contributed by atoms with Crippen LogP contribution in [0.3, 0.4) is 0 Å². The first-order valence-electron chi connectivity index (χ1n) is 6.04. The topological polar surface area (TPSA) is 17.8 Å². The van der Waals surface area contributed by atoms with Gasteiger partial charge in [0.15, 0.2) is 0 Å². The molecule has 1 aliphatic carbocycles. The molecular weight excluding hydrogens is 252 g/mol. The summed E-state index contributed by atoms with van der Waals surface area (Å²) in [4.78, 5) is 0. The molecule has 1 saturated carbocycles. The van der Waals surface area contributed by atoms with Crippen LogP contribution in [0.25, 0.3) is 0 Å². The van der Waals surface area contributed by atoms with Crippen LogP contribution >= 0.6 is 15.9 Å². The van der Waals surface area contributed by atoms with Crippen molar-refractivity contribution in [3.05, 3.63) is 16.4 Å². The summed E-state index contributed by atoms with van der Waals surface area (Å²) in [6.07, 6.45) is 10.2. The summed E-state index contributed by atoms with van der Waals surface area (Å²) in [6, 6.07) is 0. The molecule has 1 aliphatic rings. The van der Waals surface area contributed by atoms with E-state index in [9.17, 15) is 0 Å². The van der Waals surface area contributed by atoms with Crippen LogP contribution < -0.4 is 0 Å². The van der Waals surface area contributed by atoms with Gasteiger partial charge in [-0.05, 0) is 35.7 Å². The number of hydrogen-bond donors (Lipinski definition) is 0. The summed E-state index contributed by atoms with van der Waals surface area (Å²) < 4.78 is 3.36. The second-order valence-electron chi connectivity index (χ2n) is 4.38. The van der Waals surface area contributed by atoms with Crippen molar-refractivity contribution in [2.24, 2.45) is 0 Å². The molecule has 0 radical (unpaired) electrons. The third-order valence-electron chi connectivity index (χ3n) is 3.37. The second kappa shape index (κ2) is 5.15. The molecule has 1 aromatic rings. The number of aryl methyl sites for hydroxylation is 1. The molecule has 0 N–H and O–H groups in total. The first kappa shape index (κ1) is 11.2. The summed E-state index contributed by atoms with van der Waals surface area (Å²) in [5, 5.41) is 4.41. The standard InChI is InChI=1S/C12H19BrN2/c1-2-15-12(11(13)9-14-15)10-7-5-3-4-6-8-10/h9-10H,2-8H2,1H3. The predicted octanol–water partition coefficient (Wildman–Crippen LogP) is 4.10. The maximum absolute atomic E-state index is 4.41. The third kappa shape index (κ3) is 2.44. The SMILES string of the molecule is CCn1ncc(Br)c1C1CCCCCC1. The van der Waals surface area contributed by atoms with E-state index in [0.29, 0.717) is 0 Å². The van der Waals surface area contributed by atoms with Gasteiger partial charge in [-0.1, -0.05) is 25.7 Å². The quantitative estimate of drug-likeness (QED) is 0.740. The van der Waals surface area contributed by atoms with Crippen molar-refractivity contribution in [1.29, 1.82) is 0 Å². The van der Waals surface area contributed by atoms with Crippen molar-refractivity contribution in [3.8, 4) is 0 Å². The van der Waals surface area contributed by atoms with Gasteiger partial charge in [0.2, 0.25) is 0 Å². The smallest absolute Gasteiger partial charge is 0.0635 e. The zero-order chi connectivity index (χ0) is 10.7. The highest BCUT2D eigenvalue weighted by atomic mass is 79.9. The van der Waals surface area contributed by atoms with Gasteiger partial charge in [0.05, 0.1) is 16.4 Å². The molecule has 0 amide bonds. The van der Waals surface area contributed by atoms with Crippen LogP contribution in [0.5, 0.6) is 0 Å². The number of hydrogen-bond acceptors (Lipinski definition) is 1. The normalized spacial score (nSPS) is 19.1. The summed E-state index contributed by atoms with van der Waals surface area (Å²) in [6.45, 7) is 3.15. The molecule has 0 saturated heterocycles. The average Bonchev–Trinajstić information content (AvgIpc) is 2.48. The van der Waals surface area contributed by atoms with E-state index in [2.05, 4.69) is 32.6 Å². The summed E-state index contributed by atoms with van der Waals surface area (Å²) >= 11 is 3.64. The van der Waals surface area contributed by atoms with E-state index in [-0.39, 0.29) is 0 Å². The maximum Gasteiger partial charge on any atom is 0.0635 e. The van der Waals surface area contributed by atoms with Crippen LogP contribution in [0.15, 0.2) is 10.7 Å². The van der Waals surface area contributed by atoms with E-state index >= 15 is 0 Å². The summed E-state index contributed by atoms with van der Waals surface area (Å²) in [5.41, 5.74) is 1.43. The Balaban J connectivity index is 2.21. The Morgan fingerprint density at radius 3 is 2.60 bits per heavy atom. The molecule has 0 aliphatic heterocycles. The highest BCUT2D eigenvalue weighted by molar-refractivity contribution is 9.10. The van der Waals surface area contributed by atoms with E-state index in [1.165, 1.54) is 48.7 Å². The summed E-state index contributed by atoms with van der Waals surface area (Å²) in [5.74, 6) is 0.726. The molecule has 2 nitrogen and oxygen atoms in total. The Morgan fingerprint density at radius 1 is 1.33 bits per heavy atom. The first-order valence-corrected chi connectivity index (χ1v) is 6.83. The van der Waals surface area contributed by atoms with Gasteiger partial charge in [-0.2, -0.15) is 5.10 Å². The fourth-order valence-corrected chi connectivity index (χ4v) is 3.20. The summed E-state index contributed by atoms with van der Waals surface area (Å²) in [7, 11) is 0. The lowest BCUT2D eigenvalue weighted by Gasteiger charge is -2.16. The van der Waals surface area contributed by atoms with Gasteiger partial charge in [0.25, 0.3) is 0 Å². The van der Waals surface area contributed by atoms with Gasteiger partial charge in [0, 0.05) is 12.5 Å². The Hall–Kier alpha value is -0.310. The van der Waals surface area contributed by atoms with Gasteiger partial charge >= 0.3 is 0 Å². The molecule has 0 spiro atoms. The fourth-order valence-electron chi connectivity index (χ4n) is 2.58. The van der Waals surface area contributed by atoms with Crippen molar-refractivity contribution < 1.29 is 0 Å². The zero-order valence-corrected chi connectivity index (χ0v) is 11.0. The Bertz CT molecular complexity index is 311. The van der Waals surface area contributed by atoms with E-state index in [1.54, 1.807) is 0 Å². The molecule has 2 rings (SSSR count). The number of rotatable bonds is 2. The minimum absolute atomic E-state index is 0.726. The molecule has 1 heterocycles. The lowest BCUT2D eigenvalue weighted by atomic mass is 9.96. The monoisotopic (exact) mass is 270 g/mol. The Kier molecular flexibility index (Phi) is 3.84. The number of halogens is 1. The zero-order valence-electron chi connectivity index (χ0n) is 9.38. The van der Waals surface area contributed by atoms with Crippen molar-refractivity contribution in [2.75, 3.05) is 0 Å². The van der Waals surface area contributed by atoms with Crippen LogP contribution in [0.4, 0.5) is 0 Å². The van der Waals surface area contributed by atoms with Gasteiger partial charge in [-0.25, -0.2) is 0 Å². The molecule has 84 valence electrons. The van der Waals surface area contributed by atoms with Crippen molar-refractivity contribution >= 4 is 15.9 Å². The van der Waals surface area contributed by atoms with E-state index in [1.807, 2.05) is 6.20 Å². The molecule has 0 bridgehead atoms. The molecule has 0 unspecified atom stereocenters. The molecule has 1 fully saturated rings. The van der Waals surface area contributed by atoms with Gasteiger partial charge in [0.1, 0.15) is 0 Å². The molecule has 0 aromatic carbocycles. The number of nitrogens with zero attached hydrogens (tertiary/aromatic N) is 2. The van der Waals surface area contributed by atoms with Gasteiger partial charge < -0.3 is 0 Å². The van der Waals surface area contributed by atoms with Crippen molar-refractivity contribution in [1.82, 2.24) is 9.78 Å². The van der Waals surface area contributed by atoms with Crippen molar-refractivity contribution in [2.45, 2.75) is 57.9 Å². The minimum Gasteiger partial charge on any atom is -0.268 e. The highest BCUT2D eigenvalue weighted by Gasteiger charge is 2.20. The average molecular weight is 271 g/mol. The van der Waals surface area contributed by atoms with Crippen LogP contribution in [0.1, 0.15) is 57.1 Å². The Morgan fingerprint density at radius 2 is 2.00 bits per heavy atom.